The maximum atomic E-state index is 12.3. The third-order valence-corrected chi connectivity index (χ3v) is 3.61. The molecule has 0 fully saturated rings. The summed E-state index contributed by atoms with van der Waals surface area (Å²) in [7, 11) is 1.49. The van der Waals surface area contributed by atoms with Crippen LogP contribution in [0.4, 0.5) is 5.69 Å². The minimum Gasteiger partial charge on any atom is -0.495 e. The van der Waals surface area contributed by atoms with Crippen molar-refractivity contribution in [2.75, 3.05) is 12.4 Å². The monoisotopic (exact) mass is 363 g/mol. The van der Waals surface area contributed by atoms with Crippen molar-refractivity contribution in [3.8, 4) is 17.2 Å². The minimum atomic E-state index is -0.566. The lowest BCUT2D eigenvalue weighted by molar-refractivity contribution is 0.0990. The number of carbonyl (C=O) groups is 1. The average molecular weight is 364 g/mol. The van der Waals surface area contributed by atoms with Crippen LogP contribution in [0.25, 0.3) is 11.5 Å². The van der Waals surface area contributed by atoms with Crippen molar-refractivity contribution in [3.05, 3.63) is 58.4 Å². The molecule has 0 spiro atoms. The molecule has 24 heavy (non-hydrogen) atoms. The summed E-state index contributed by atoms with van der Waals surface area (Å²) in [6.07, 6.45) is 0. The van der Waals surface area contributed by atoms with E-state index in [9.17, 15) is 4.79 Å². The standard InChI is InChI=1S/C16H11Cl2N3O3/c1-23-13-7-6-11(18)8-12(13)19-14(22)16-21-20-15(24-16)9-2-4-10(17)5-3-9/h2-8H,1H3,(H,19,22). The molecule has 1 amide bonds. The van der Waals surface area contributed by atoms with Crippen LogP contribution in [0.15, 0.2) is 46.9 Å². The Morgan fingerprint density at radius 3 is 2.50 bits per heavy atom. The Morgan fingerprint density at radius 2 is 1.79 bits per heavy atom. The van der Waals surface area contributed by atoms with Crippen LogP contribution in [-0.2, 0) is 0 Å². The predicted molar refractivity (Wildman–Crippen MR) is 90.7 cm³/mol. The Kier molecular flexibility index (Phi) is 4.69. The van der Waals surface area contributed by atoms with Crippen LogP contribution in [0.5, 0.6) is 5.75 Å². The van der Waals surface area contributed by atoms with Gasteiger partial charge in [0.05, 0.1) is 12.8 Å². The van der Waals surface area contributed by atoms with E-state index in [2.05, 4.69) is 15.5 Å². The van der Waals surface area contributed by atoms with Gasteiger partial charge in [0.1, 0.15) is 5.75 Å². The number of anilines is 1. The highest BCUT2D eigenvalue weighted by atomic mass is 35.5. The second-order valence-electron chi connectivity index (χ2n) is 4.72. The number of amides is 1. The second kappa shape index (κ2) is 6.90. The van der Waals surface area contributed by atoms with Crippen molar-refractivity contribution < 1.29 is 13.9 Å². The summed E-state index contributed by atoms with van der Waals surface area (Å²) >= 11 is 11.8. The fourth-order valence-electron chi connectivity index (χ4n) is 1.98. The number of halogens is 2. The van der Waals surface area contributed by atoms with E-state index in [1.807, 2.05) is 0 Å². The van der Waals surface area contributed by atoms with Crippen molar-refractivity contribution in [2.45, 2.75) is 0 Å². The highest BCUT2D eigenvalue weighted by molar-refractivity contribution is 6.31. The number of carbonyl (C=O) groups excluding carboxylic acids is 1. The fraction of sp³-hybridized carbons (Fsp3) is 0.0625. The first-order valence-electron chi connectivity index (χ1n) is 6.81. The molecule has 0 aliphatic rings. The van der Waals surface area contributed by atoms with Gasteiger partial charge in [0.2, 0.25) is 5.89 Å². The van der Waals surface area contributed by atoms with Gasteiger partial charge in [-0.3, -0.25) is 4.79 Å². The number of aromatic nitrogens is 2. The maximum absolute atomic E-state index is 12.3. The van der Waals surface area contributed by atoms with Crippen LogP contribution in [0, 0.1) is 0 Å². The van der Waals surface area contributed by atoms with Crippen LogP contribution in [-0.4, -0.2) is 23.2 Å². The SMILES string of the molecule is COc1ccc(Cl)cc1NC(=O)c1nnc(-c2ccc(Cl)cc2)o1. The summed E-state index contributed by atoms with van der Waals surface area (Å²) in [5.41, 5.74) is 1.06. The molecule has 3 aromatic rings. The zero-order valence-corrected chi connectivity index (χ0v) is 13.9. The molecule has 1 N–H and O–H groups in total. The van der Waals surface area contributed by atoms with E-state index in [0.29, 0.717) is 27.0 Å². The Morgan fingerprint density at radius 1 is 1.08 bits per heavy atom. The Hall–Kier alpha value is -2.57. The van der Waals surface area contributed by atoms with E-state index in [1.54, 1.807) is 42.5 Å². The summed E-state index contributed by atoms with van der Waals surface area (Å²) in [6.45, 7) is 0. The number of nitrogens with one attached hydrogen (secondary N) is 1. The van der Waals surface area contributed by atoms with Gasteiger partial charge in [0.15, 0.2) is 0 Å². The van der Waals surface area contributed by atoms with E-state index < -0.39 is 5.91 Å². The largest absolute Gasteiger partial charge is 0.495 e. The van der Waals surface area contributed by atoms with Crippen molar-refractivity contribution in [1.29, 1.82) is 0 Å². The van der Waals surface area contributed by atoms with Crippen molar-refractivity contribution in [1.82, 2.24) is 10.2 Å². The third kappa shape index (κ3) is 3.50. The van der Waals surface area contributed by atoms with Gasteiger partial charge < -0.3 is 14.5 Å². The fourth-order valence-corrected chi connectivity index (χ4v) is 2.28. The molecule has 6 nitrogen and oxygen atoms in total. The smallest absolute Gasteiger partial charge is 0.313 e. The summed E-state index contributed by atoms with van der Waals surface area (Å²) in [4.78, 5) is 12.3. The molecule has 1 aromatic heterocycles. The molecule has 122 valence electrons. The van der Waals surface area contributed by atoms with Gasteiger partial charge in [-0.2, -0.15) is 0 Å². The molecule has 8 heteroatoms. The van der Waals surface area contributed by atoms with Crippen LogP contribution < -0.4 is 10.1 Å². The first-order valence-corrected chi connectivity index (χ1v) is 7.57. The number of methoxy groups -OCH3 is 1. The van der Waals surface area contributed by atoms with Gasteiger partial charge in [0, 0.05) is 15.6 Å². The lowest BCUT2D eigenvalue weighted by atomic mass is 10.2. The highest BCUT2D eigenvalue weighted by Crippen LogP contribution is 2.28. The highest BCUT2D eigenvalue weighted by Gasteiger charge is 2.18. The van der Waals surface area contributed by atoms with Crippen LogP contribution >= 0.6 is 23.2 Å². The molecule has 0 atom stereocenters. The summed E-state index contributed by atoms with van der Waals surface area (Å²) in [6, 6.07) is 11.7. The second-order valence-corrected chi connectivity index (χ2v) is 5.59. The average Bonchev–Trinajstić information content (AvgIpc) is 3.06. The Bertz CT molecular complexity index is 879. The van der Waals surface area contributed by atoms with Crippen molar-refractivity contribution in [3.63, 3.8) is 0 Å². The molecule has 0 radical (unpaired) electrons. The normalized spacial score (nSPS) is 10.5. The Labute approximate surface area is 147 Å². The van der Waals surface area contributed by atoms with Gasteiger partial charge >= 0.3 is 11.8 Å². The zero-order valence-electron chi connectivity index (χ0n) is 12.4. The number of ether oxygens (including phenoxy) is 1. The first kappa shape index (κ1) is 16.3. The minimum absolute atomic E-state index is 0.179. The molecule has 0 saturated heterocycles. The van der Waals surface area contributed by atoms with Crippen LogP contribution in [0.1, 0.15) is 10.7 Å². The molecule has 0 aliphatic carbocycles. The topological polar surface area (TPSA) is 77.2 Å². The van der Waals surface area contributed by atoms with E-state index >= 15 is 0 Å². The number of nitrogens with zero attached hydrogens (tertiary/aromatic N) is 2. The number of benzene rings is 2. The Balaban J connectivity index is 1.81. The maximum Gasteiger partial charge on any atom is 0.313 e. The molecule has 0 bridgehead atoms. The van der Waals surface area contributed by atoms with E-state index in [1.165, 1.54) is 7.11 Å². The van der Waals surface area contributed by atoms with Gasteiger partial charge in [-0.05, 0) is 42.5 Å². The molecular weight excluding hydrogens is 353 g/mol. The zero-order chi connectivity index (χ0) is 17.1. The number of hydrogen-bond acceptors (Lipinski definition) is 5. The van der Waals surface area contributed by atoms with E-state index in [0.717, 1.165) is 0 Å². The first-order chi connectivity index (χ1) is 11.6. The summed E-state index contributed by atoms with van der Waals surface area (Å²) in [5, 5.41) is 11.3. The van der Waals surface area contributed by atoms with Crippen LogP contribution in [0.2, 0.25) is 10.0 Å². The molecule has 0 saturated carbocycles. The van der Waals surface area contributed by atoms with Crippen molar-refractivity contribution >= 4 is 34.8 Å². The molecule has 1 heterocycles. The van der Waals surface area contributed by atoms with Gasteiger partial charge in [-0.25, -0.2) is 0 Å². The number of rotatable bonds is 4. The lowest BCUT2D eigenvalue weighted by Gasteiger charge is -2.08. The van der Waals surface area contributed by atoms with E-state index in [4.69, 9.17) is 32.4 Å². The van der Waals surface area contributed by atoms with Gasteiger partial charge in [-0.1, -0.05) is 23.2 Å². The molecule has 3 rings (SSSR count). The quantitative estimate of drug-likeness (QED) is 0.747. The molecular formula is C16H11Cl2N3O3. The van der Waals surface area contributed by atoms with Gasteiger partial charge in [0.25, 0.3) is 0 Å². The van der Waals surface area contributed by atoms with E-state index in [-0.39, 0.29) is 11.8 Å². The molecule has 2 aromatic carbocycles. The summed E-state index contributed by atoms with van der Waals surface area (Å²) < 4.78 is 10.6. The van der Waals surface area contributed by atoms with Crippen molar-refractivity contribution in [2.24, 2.45) is 0 Å². The van der Waals surface area contributed by atoms with Gasteiger partial charge in [-0.15, -0.1) is 10.2 Å². The number of hydrogen-bond donors (Lipinski definition) is 1. The molecule has 0 unspecified atom stereocenters. The third-order valence-electron chi connectivity index (χ3n) is 3.12. The summed E-state index contributed by atoms with van der Waals surface area (Å²) in [5.74, 6) is -0.0645. The van der Waals surface area contributed by atoms with Crippen LogP contribution in [0.3, 0.4) is 0 Å². The predicted octanol–water partition coefficient (Wildman–Crippen LogP) is 4.30. The lowest BCUT2D eigenvalue weighted by Crippen LogP contribution is -2.13. The molecule has 0 aliphatic heterocycles.